The Hall–Kier alpha value is -3.72. The molecule has 39 heavy (non-hydrogen) atoms. The molecule has 2 amide bonds. The molecular weight excluding hydrogens is 517 g/mol. The molecular formula is C30H34FN3O4S. The normalized spacial score (nSPS) is 14.5. The average Bonchev–Trinajstić information content (AvgIpc) is 3.44. The van der Waals surface area contributed by atoms with Crippen LogP contribution in [0.3, 0.4) is 0 Å². The third-order valence-electron chi connectivity index (χ3n) is 7.07. The second-order valence-electron chi connectivity index (χ2n) is 9.97. The summed E-state index contributed by atoms with van der Waals surface area (Å²) in [7, 11) is -4.19. The SMILES string of the molecule is Cc1ccc(S(=O)(=O)N(CC(=O)N(Cc2ccccc2)[C@H](C)C(=O)NC2CCCC2)c2ccc(F)cc2)cc1. The van der Waals surface area contributed by atoms with Gasteiger partial charge in [0.25, 0.3) is 10.0 Å². The number of hydrogen-bond donors (Lipinski definition) is 1. The molecule has 7 nitrogen and oxygen atoms in total. The van der Waals surface area contributed by atoms with Gasteiger partial charge in [0.1, 0.15) is 18.4 Å². The monoisotopic (exact) mass is 551 g/mol. The molecule has 3 aromatic carbocycles. The molecule has 0 bridgehead atoms. The number of benzene rings is 3. The van der Waals surface area contributed by atoms with Crippen molar-refractivity contribution in [3.63, 3.8) is 0 Å². The Morgan fingerprint density at radius 1 is 0.949 bits per heavy atom. The first-order valence-corrected chi connectivity index (χ1v) is 14.6. The van der Waals surface area contributed by atoms with Gasteiger partial charge in [-0.1, -0.05) is 60.9 Å². The third-order valence-corrected chi connectivity index (χ3v) is 8.86. The van der Waals surface area contributed by atoms with Gasteiger partial charge in [-0.05, 0) is 68.7 Å². The highest BCUT2D eigenvalue weighted by Gasteiger charge is 2.33. The van der Waals surface area contributed by atoms with Crippen molar-refractivity contribution in [2.45, 2.75) is 63.1 Å². The van der Waals surface area contributed by atoms with Crippen LogP contribution in [0, 0.1) is 12.7 Å². The van der Waals surface area contributed by atoms with Crippen LogP contribution >= 0.6 is 0 Å². The van der Waals surface area contributed by atoms with Crippen molar-refractivity contribution in [2.75, 3.05) is 10.8 Å². The second kappa shape index (κ2) is 12.4. The summed E-state index contributed by atoms with van der Waals surface area (Å²) in [5.74, 6) is -1.35. The van der Waals surface area contributed by atoms with E-state index < -0.39 is 34.3 Å². The number of halogens is 1. The van der Waals surface area contributed by atoms with Crippen molar-refractivity contribution in [3.05, 3.63) is 95.8 Å². The molecule has 4 rings (SSSR count). The fraction of sp³-hybridized carbons (Fsp3) is 0.333. The molecule has 0 saturated heterocycles. The van der Waals surface area contributed by atoms with E-state index in [1.54, 1.807) is 19.1 Å². The fourth-order valence-corrected chi connectivity index (χ4v) is 6.14. The van der Waals surface area contributed by atoms with E-state index >= 15 is 0 Å². The Morgan fingerprint density at radius 2 is 1.56 bits per heavy atom. The maximum atomic E-state index is 13.9. The number of amides is 2. The van der Waals surface area contributed by atoms with Gasteiger partial charge in [0.05, 0.1) is 10.6 Å². The molecule has 1 fully saturated rings. The highest BCUT2D eigenvalue weighted by Crippen LogP contribution is 2.25. The number of sulfonamides is 1. The molecule has 1 saturated carbocycles. The van der Waals surface area contributed by atoms with E-state index in [1.165, 1.54) is 29.2 Å². The number of carbonyl (C=O) groups is 2. The number of nitrogens with one attached hydrogen (secondary N) is 1. The Kier molecular flexibility index (Phi) is 9.01. The summed E-state index contributed by atoms with van der Waals surface area (Å²) in [6.45, 7) is 3.06. The lowest BCUT2D eigenvalue weighted by atomic mass is 10.1. The predicted octanol–water partition coefficient (Wildman–Crippen LogP) is 4.81. The van der Waals surface area contributed by atoms with Gasteiger partial charge in [-0.2, -0.15) is 0 Å². The molecule has 1 aliphatic carbocycles. The summed E-state index contributed by atoms with van der Waals surface area (Å²) in [6.07, 6.45) is 3.90. The third kappa shape index (κ3) is 7.03. The quantitative estimate of drug-likeness (QED) is 0.392. The molecule has 9 heteroatoms. The van der Waals surface area contributed by atoms with Crippen LogP contribution in [0.25, 0.3) is 0 Å². The van der Waals surface area contributed by atoms with Gasteiger partial charge in [-0.25, -0.2) is 12.8 Å². The van der Waals surface area contributed by atoms with Gasteiger partial charge in [-0.15, -0.1) is 0 Å². The number of carbonyl (C=O) groups excluding carboxylic acids is 2. The minimum absolute atomic E-state index is 0.00635. The topological polar surface area (TPSA) is 86.8 Å². The van der Waals surface area contributed by atoms with Crippen LogP contribution in [0.5, 0.6) is 0 Å². The van der Waals surface area contributed by atoms with E-state index in [-0.39, 0.29) is 29.1 Å². The first-order chi connectivity index (χ1) is 18.6. The van der Waals surface area contributed by atoms with Crippen LogP contribution in [0.15, 0.2) is 83.8 Å². The molecule has 0 unspecified atom stereocenters. The summed E-state index contributed by atoms with van der Waals surface area (Å²) < 4.78 is 42.2. The van der Waals surface area contributed by atoms with E-state index in [0.717, 1.165) is 53.2 Å². The lowest BCUT2D eigenvalue weighted by molar-refractivity contribution is -0.139. The average molecular weight is 552 g/mol. The number of aryl methyl sites for hydroxylation is 1. The van der Waals surface area contributed by atoms with Crippen molar-refractivity contribution >= 4 is 27.5 Å². The smallest absolute Gasteiger partial charge is 0.264 e. The maximum Gasteiger partial charge on any atom is 0.264 e. The van der Waals surface area contributed by atoms with E-state index in [1.807, 2.05) is 37.3 Å². The molecule has 0 radical (unpaired) electrons. The minimum Gasteiger partial charge on any atom is -0.352 e. The number of hydrogen-bond acceptors (Lipinski definition) is 4. The van der Waals surface area contributed by atoms with Gasteiger partial charge in [0.2, 0.25) is 11.8 Å². The molecule has 1 aliphatic rings. The van der Waals surface area contributed by atoms with Crippen molar-refractivity contribution in [1.82, 2.24) is 10.2 Å². The van der Waals surface area contributed by atoms with Crippen LogP contribution in [0.2, 0.25) is 0 Å². The van der Waals surface area contributed by atoms with Crippen molar-refractivity contribution < 1.29 is 22.4 Å². The Bertz CT molecular complexity index is 1370. The zero-order valence-electron chi connectivity index (χ0n) is 22.2. The van der Waals surface area contributed by atoms with Gasteiger partial charge >= 0.3 is 0 Å². The summed E-state index contributed by atoms with van der Waals surface area (Å²) in [5, 5.41) is 3.05. The summed E-state index contributed by atoms with van der Waals surface area (Å²) in [5.41, 5.74) is 1.84. The zero-order valence-corrected chi connectivity index (χ0v) is 23.0. The standard InChI is InChI=1S/C30H34FN3O4S/c1-22-12-18-28(19-13-22)39(37,38)34(27-16-14-25(31)15-17-27)21-29(35)33(20-24-8-4-3-5-9-24)23(2)30(36)32-26-10-6-7-11-26/h3-5,8-9,12-19,23,26H,6-7,10-11,20-21H2,1-2H3,(H,32,36)/t23-/m1/s1. The fourth-order valence-electron chi connectivity index (χ4n) is 4.73. The molecule has 1 N–H and O–H groups in total. The van der Waals surface area contributed by atoms with Crippen LogP contribution < -0.4 is 9.62 Å². The second-order valence-corrected chi connectivity index (χ2v) is 11.8. The minimum atomic E-state index is -4.19. The molecule has 1 atom stereocenters. The van der Waals surface area contributed by atoms with Crippen LogP contribution in [0.1, 0.15) is 43.7 Å². The number of rotatable bonds is 10. The van der Waals surface area contributed by atoms with Gasteiger partial charge in [0, 0.05) is 12.6 Å². The predicted molar refractivity (Wildman–Crippen MR) is 149 cm³/mol. The molecule has 0 spiro atoms. The van der Waals surface area contributed by atoms with Crippen LogP contribution in [0.4, 0.5) is 10.1 Å². The lowest BCUT2D eigenvalue weighted by Crippen LogP contribution is -2.52. The van der Waals surface area contributed by atoms with Crippen molar-refractivity contribution in [3.8, 4) is 0 Å². The zero-order chi connectivity index (χ0) is 28.0. The van der Waals surface area contributed by atoms with E-state index in [9.17, 15) is 22.4 Å². The summed E-state index contributed by atoms with van der Waals surface area (Å²) in [6, 6.07) is 19.7. The Morgan fingerprint density at radius 3 is 2.18 bits per heavy atom. The van der Waals surface area contributed by atoms with E-state index in [4.69, 9.17) is 0 Å². The molecule has 3 aromatic rings. The van der Waals surface area contributed by atoms with E-state index in [0.29, 0.717) is 0 Å². The van der Waals surface area contributed by atoms with Gasteiger partial charge in [0.15, 0.2) is 0 Å². The Labute approximate surface area is 229 Å². The first kappa shape index (κ1) is 28.3. The van der Waals surface area contributed by atoms with Gasteiger partial charge in [-0.3, -0.25) is 13.9 Å². The van der Waals surface area contributed by atoms with Crippen molar-refractivity contribution in [2.24, 2.45) is 0 Å². The van der Waals surface area contributed by atoms with Gasteiger partial charge < -0.3 is 10.2 Å². The molecule has 0 aliphatic heterocycles. The van der Waals surface area contributed by atoms with Crippen LogP contribution in [-0.2, 0) is 26.2 Å². The summed E-state index contributed by atoms with van der Waals surface area (Å²) >= 11 is 0. The summed E-state index contributed by atoms with van der Waals surface area (Å²) in [4.78, 5) is 28.5. The highest BCUT2D eigenvalue weighted by atomic mass is 32.2. The Balaban J connectivity index is 1.66. The molecule has 206 valence electrons. The first-order valence-electron chi connectivity index (χ1n) is 13.1. The maximum absolute atomic E-state index is 13.9. The van der Waals surface area contributed by atoms with Crippen molar-refractivity contribution in [1.29, 1.82) is 0 Å². The van der Waals surface area contributed by atoms with Crippen LogP contribution in [-0.4, -0.2) is 43.8 Å². The molecule has 0 aromatic heterocycles. The lowest BCUT2D eigenvalue weighted by Gasteiger charge is -2.32. The number of anilines is 1. The number of nitrogens with zero attached hydrogens (tertiary/aromatic N) is 2. The van der Waals surface area contributed by atoms with E-state index in [2.05, 4.69) is 5.32 Å². The largest absolute Gasteiger partial charge is 0.352 e. The highest BCUT2D eigenvalue weighted by molar-refractivity contribution is 7.92. The molecule has 0 heterocycles.